The lowest BCUT2D eigenvalue weighted by molar-refractivity contribution is 0.0991. The van der Waals surface area contributed by atoms with E-state index in [-0.39, 0.29) is 17.8 Å². The number of nitriles is 1. The molecule has 0 N–H and O–H groups in total. The zero-order chi connectivity index (χ0) is 18.0. The Bertz CT molecular complexity index is 1080. The predicted octanol–water partition coefficient (Wildman–Crippen LogP) is 3.63. The molecule has 2 heterocycles. The minimum absolute atomic E-state index is 0.0174. The molecule has 0 unspecified atom stereocenters. The second-order valence-electron chi connectivity index (χ2n) is 5.75. The normalized spacial score (nSPS) is 10.6. The minimum atomic E-state index is -0.394. The average Bonchev–Trinajstić information content (AvgIpc) is 2.61. The van der Waals surface area contributed by atoms with Gasteiger partial charge in [-0.1, -0.05) is 35.9 Å². The van der Waals surface area contributed by atoms with E-state index in [1.165, 1.54) is 16.2 Å². The van der Waals surface area contributed by atoms with E-state index in [0.717, 1.165) is 11.1 Å². The second kappa shape index (κ2) is 6.96. The van der Waals surface area contributed by atoms with Crippen molar-refractivity contribution < 1.29 is 4.79 Å². The van der Waals surface area contributed by atoms with Crippen molar-refractivity contribution in [3.05, 3.63) is 81.3 Å². The molecule has 124 valence electrons. The Morgan fingerprint density at radius 1 is 1.24 bits per heavy atom. The van der Waals surface area contributed by atoms with Crippen LogP contribution in [0.1, 0.15) is 27.0 Å². The molecule has 3 aromatic rings. The van der Waals surface area contributed by atoms with Gasteiger partial charge in [-0.15, -0.1) is 11.8 Å². The van der Waals surface area contributed by atoms with Crippen LogP contribution in [0.3, 0.4) is 0 Å². The highest BCUT2D eigenvalue weighted by Crippen LogP contribution is 2.27. The third kappa shape index (κ3) is 3.09. The number of ketones is 1. The van der Waals surface area contributed by atoms with Gasteiger partial charge in [0, 0.05) is 17.5 Å². The van der Waals surface area contributed by atoms with Crippen molar-refractivity contribution in [1.29, 1.82) is 5.26 Å². The largest absolute Gasteiger partial charge is 0.294 e. The van der Waals surface area contributed by atoms with Crippen molar-refractivity contribution in [3.8, 4) is 6.07 Å². The number of aromatic nitrogens is 1. The molecular weight excluding hydrogens is 332 g/mol. The fourth-order valence-corrected chi connectivity index (χ4v) is 3.71. The smallest absolute Gasteiger partial charge is 0.274 e. The van der Waals surface area contributed by atoms with Gasteiger partial charge < -0.3 is 0 Å². The third-order valence-corrected chi connectivity index (χ3v) is 4.86. The Labute approximate surface area is 149 Å². The van der Waals surface area contributed by atoms with E-state index in [4.69, 9.17) is 0 Å². The summed E-state index contributed by atoms with van der Waals surface area (Å²) in [5.41, 5.74) is 2.59. The van der Waals surface area contributed by atoms with Crippen molar-refractivity contribution in [3.63, 3.8) is 0 Å². The van der Waals surface area contributed by atoms with E-state index in [2.05, 4.69) is 0 Å². The fraction of sp³-hybridized carbons (Fsp3) is 0.150. The maximum atomic E-state index is 13.1. The van der Waals surface area contributed by atoms with Crippen LogP contribution in [-0.4, -0.2) is 16.4 Å². The molecule has 1 aromatic carbocycles. The van der Waals surface area contributed by atoms with E-state index in [9.17, 15) is 14.9 Å². The van der Waals surface area contributed by atoms with E-state index in [1.807, 2.05) is 37.3 Å². The van der Waals surface area contributed by atoms with Crippen LogP contribution in [0.15, 0.2) is 58.4 Å². The number of benzene rings is 1. The third-order valence-electron chi connectivity index (χ3n) is 4.04. The van der Waals surface area contributed by atoms with Gasteiger partial charge in [-0.2, -0.15) is 5.26 Å². The molecule has 0 bridgehead atoms. The maximum Gasteiger partial charge on any atom is 0.274 e. The summed E-state index contributed by atoms with van der Waals surface area (Å²) < 4.78 is 1.38. The molecule has 0 aliphatic heterocycles. The number of aryl methyl sites for hydroxylation is 1. The van der Waals surface area contributed by atoms with Crippen LogP contribution < -0.4 is 5.56 Å². The molecule has 5 heteroatoms. The van der Waals surface area contributed by atoms with Crippen molar-refractivity contribution >= 4 is 23.1 Å². The van der Waals surface area contributed by atoms with Crippen molar-refractivity contribution in [2.75, 3.05) is 6.26 Å². The molecule has 0 amide bonds. The molecule has 0 saturated carbocycles. The van der Waals surface area contributed by atoms with E-state index in [0.29, 0.717) is 16.0 Å². The first kappa shape index (κ1) is 17.0. The highest BCUT2D eigenvalue weighted by molar-refractivity contribution is 7.98. The predicted molar refractivity (Wildman–Crippen MR) is 99.4 cm³/mol. The van der Waals surface area contributed by atoms with Crippen LogP contribution in [0.4, 0.5) is 0 Å². The Balaban J connectivity index is 2.24. The lowest BCUT2D eigenvalue weighted by Gasteiger charge is -2.13. The van der Waals surface area contributed by atoms with Gasteiger partial charge in [-0.3, -0.25) is 14.0 Å². The fourth-order valence-electron chi connectivity index (χ4n) is 2.95. The molecule has 0 fully saturated rings. The van der Waals surface area contributed by atoms with Gasteiger partial charge in [0.05, 0.1) is 11.1 Å². The standard InChI is InChI=1S/C20H16N2O2S/c1-13-6-5-7-14(10-13)11-17(23)18-16-8-3-4-9-22(16)20(24)15(12-21)19(18)25-2/h3-10H,11H2,1-2H3. The van der Waals surface area contributed by atoms with E-state index < -0.39 is 5.56 Å². The lowest BCUT2D eigenvalue weighted by Crippen LogP contribution is -2.22. The zero-order valence-corrected chi connectivity index (χ0v) is 14.8. The summed E-state index contributed by atoms with van der Waals surface area (Å²) in [5, 5.41) is 9.43. The first-order chi connectivity index (χ1) is 12.1. The van der Waals surface area contributed by atoms with Crippen LogP contribution in [-0.2, 0) is 6.42 Å². The number of hydrogen-bond acceptors (Lipinski definition) is 4. The van der Waals surface area contributed by atoms with Gasteiger partial charge in [-0.05, 0) is 30.9 Å². The monoisotopic (exact) mass is 348 g/mol. The number of thioether (sulfide) groups is 1. The number of nitrogens with zero attached hydrogens (tertiary/aromatic N) is 2. The Hall–Kier alpha value is -2.84. The first-order valence-corrected chi connectivity index (χ1v) is 8.99. The van der Waals surface area contributed by atoms with Gasteiger partial charge in [0.25, 0.3) is 5.56 Å². The average molecular weight is 348 g/mol. The Morgan fingerprint density at radius 2 is 2.04 bits per heavy atom. The minimum Gasteiger partial charge on any atom is -0.294 e. The number of carbonyl (C=O) groups is 1. The van der Waals surface area contributed by atoms with Crippen molar-refractivity contribution in [1.82, 2.24) is 4.40 Å². The van der Waals surface area contributed by atoms with E-state index >= 15 is 0 Å². The molecule has 0 atom stereocenters. The molecule has 0 aliphatic rings. The Kier molecular flexibility index (Phi) is 4.73. The van der Waals surface area contributed by atoms with Gasteiger partial charge in [0.15, 0.2) is 5.78 Å². The molecule has 0 saturated heterocycles. The topological polar surface area (TPSA) is 62.3 Å². The summed E-state index contributed by atoms with van der Waals surface area (Å²) in [5.74, 6) is -0.102. The van der Waals surface area contributed by atoms with Crippen LogP contribution in [0.2, 0.25) is 0 Å². The van der Waals surface area contributed by atoms with Gasteiger partial charge in [0.2, 0.25) is 0 Å². The molecule has 0 aliphatic carbocycles. The van der Waals surface area contributed by atoms with Gasteiger partial charge >= 0.3 is 0 Å². The quantitative estimate of drug-likeness (QED) is 0.533. The number of Topliss-reactive ketones (excluding diaryl/α,β-unsaturated/α-hetero) is 1. The van der Waals surface area contributed by atoms with Crippen LogP contribution >= 0.6 is 11.8 Å². The SMILES string of the molecule is CSc1c(C#N)c(=O)n2ccccc2c1C(=O)Cc1cccc(C)c1. The second-order valence-corrected chi connectivity index (χ2v) is 6.56. The summed E-state index contributed by atoms with van der Waals surface area (Å²) in [4.78, 5) is 26.0. The molecule has 4 nitrogen and oxygen atoms in total. The van der Waals surface area contributed by atoms with Crippen LogP contribution in [0, 0.1) is 18.3 Å². The van der Waals surface area contributed by atoms with E-state index in [1.54, 1.807) is 30.7 Å². The van der Waals surface area contributed by atoms with Crippen molar-refractivity contribution in [2.45, 2.75) is 18.2 Å². The summed E-state index contributed by atoms with van der Waals surface area (Å²) in [6.07, 6.45) is 3.59. The number of pyridine rings is 2. The molecule has 3 rings (SSSR count). The maximum absolute atomic E-state index is 13.1. The van der Waals surface area contributed by atoms with Crippen LogP contribution in [0.5, 0.6) is 0 Å². The highest BCUT2D eigenvalue weighted by Gasteiger charge is 2.22. The molecule has 0 spiro atoms. The molecular formula is C20H16N2O2S. The summed E-state index contributed by atoms with van der Waals surface area (Å²) >= 11 is 1.26. The highest BCUT2D eigenvalue weighted by atomic mass is 32.2. The number of rotatable bonds is 4. The number of fused-ring (bicyclic) bond motifs is 1. The summed E-state index contributed by atoms with van der Waals surface area (Å²) in [6.45, 7) is 1.98. The van der Waals surface area contributed by atoms with Gasteiger partial charge in [-0.25, -0.2) is 0 Å². The summed E-state index contributed by atoms with van der Waals surface area (Å²) in [7, 11) is 0. The molecule has 0 radical (unpaired) electrons. The lowest BCUT2D eigenvalue weighted by atomic mass is 9.99. The Morgan fingerprint density at radius 3 is 2.72 bits per heavy atom. The number of hydrogen-bond donors (Lipinski definition) is 0. The zero-order valence-electron chi connectivity index (χ0n) is 13.9. The van der Waals surface area contributed by atoms with Crippen molar-refractivity contribution in [2.24, 2.45) is 0 Å². The number of carbonyl (C=O) groups excluding carboxylic acids is 1. The molecule has 2 aromatic heterocycles. The first-order valence-electron chi connectivity index (χ1n) is 7.77. The van der Waals surface area contributed by atoms with Crippen LogP contribution in [0.25, 0.3) is 5.52 Å². The molecule has 25 heavy (non-hydrogen) atoms. The van der Waals surface area contributed by atoms with Gasteiger partial charge in [0.1, 0.15) is 11.6 Å². The summed E-state index contributed by atoms with van der Waals surface area (Å²) in [6, 6.07) is 15.0.